The van der Waals surface area contributed by atoms with E-state index in [4.69, 9.17) is 0 Å². The van der Waals surface area contributed by atoms with Gasteiger partial charge in [-0.1, -0.05) is 18.6 Å². The van der Waals surface area contributed by atoms with Gasteiger partial charge in [0.2, 0.25) is 11.8 Å². The molecule has 25 heavy (non-hydrogen) atoms. The molecule has 2 amide bonds. The Balaban J connectivity index is 1.60. The summed E-state index contributed by atoms with van der Waals surface area (Å²) in [6.45, 7) is 1.32. The zero-order valence-corrected chi connectivity index (χ0v) is 14.3. The van der Waals surface area contributed by atoms with E-state index in [0.29, 0.717) is 31.5 Å². The number of piperidine rings is 1. The van der Waals surface area contributed by atoms with Crippen molar-refractivity contribution in [3.63, 3.8) is 0 Å². The van der Waals surface area contributed by atoms with Crippen LogP contribution in [-0.2, 0) is 20.9 Å². The summed E-state index contributed by atoms with van der Waals surface area (Å²) in [5.41, 5.74) is 0.721. The van der Waals surface area contributed by atoms with Gasteiger partial charge in [0.05, 0.1) is 5.41 Å². The maximum absolute atomic E-state index is 12.2. The van der Waals surface area contributed by atoms with E-state index >= 15 is 0 Å². The van der Waals surface area contributed by atoms with Crippen LogP contribution in [0.1, 0.15) is 50.5 Å². The number of anilines is 1. The molecule has 2 N–H and O–H groups in total. The lowest BCUT2D eigenvalue weighted by atomic mass is 9.66. The van der Waals surface area contributed by atoms with Crippen LogP contribution in [0.5, 0.6) is 0 Å². The molecule has 1 aromatic rings. The van der Waals surface area contributed by atoms with E-state index in [1.54, 1.807) is 6.07 Å². The van der Waals surface area contributed by atoms with Crippen LogP contribution in [0.2, 0.25) is 0 Å². The number of carboxylic acids is 1. The van der Waals surface area contributed by atoms with E-state index in [9.17, 15) is 19.5 Å². The van der Waals surface area contributed by atoms with E-state index in [1.165, 1.54) is 0 Å². The number of benzene rings is 1. The number of carbonyl (C=O) groups is 3. The Labute approximate surface area is 147 Å². The molecular formula is C19H24N2O4. The number of nitrogens with one attached hydrogen (secondary N) is 1. The first-order valence-electron chi connectivity index (χ1n) is 8.88. The predicted octanol–water partition coefficient (Wildman–Crippen LogP) is 2.78. The molecule has 6 heteroatoms. The second-order valence-corrected chi connectivity index (χ2v) is 7.14. The van der Waals surface area contributed by atoms with Crippen LogP contribution < -0.4 is 5.32 Å². The van der Waals surface area contributed by atoms with E-state index in [-0.39, 0.29) is 18.2 Å². The molecule has 0 radical (unpaired) electrons. The van der Waals surface area contributed by atoms with Crippen LogP contribution in [0.3, 0.4) is 0 Å². The summed E-state index contributed by atoms with van der Waals surface area (Å²) in [4.78, 5) is 37.4. The highest BCUT2D eigenvalue weighted by atomic mass is 16.4. The normalized spacial score (nSPS) is 19.2. The summed E-state index contributed by atoms with van der Waals surface area (Å²) < 4.78 is 0. The molecular weight excluding hydrogens is 320 g/mol. The Morgan fingerprint density at radius 3 is 2.64 bits per heavy atom. The number of nitrogens with zero attached hydrogens (tertiary/aromatic N) is 1. The highest BCUT2D eigenvalue weighted by Gasteiger charge is 2.45. The van der Waals surface area contributed by atoms with Crippen molar-refractivity contribution < 1.29 is 19.5 Å². The predicted molar refractivity (Wildman–Crippen MR) is 92.9 cm³/mol. The third kappa shape index (κ3) is 4.00. The van der Waals surface area contributed by atoms with Crippen molar-refractivity contribution in [1.29, 1.82) is 0 Å². The number of likely N-dealkylation sites (tertiary alicyclic amines) is 1. The zero-order chi connectivity index (χ0) is 17.9. The minimum absolute atomic E-state index is 0.0111. The molecule has 1 aliphatic carbocycles. The second kappa shape index (κ2) is 7.25. The average Bonchev–Trinajstić information content (AvgIpc) is 2.53. The van der Waals surface area contributed by atoms with E-state index in [1.807, 2.05) is 23.1 Å². The molecule has 0 atom stereocenters. The number of carboxylic acid groups (broad SMARTS) is 1. The maximum Gasteiger partial charge on any atom is 0.310 e. The second-order valence-electron chi connectivity index (χ2n) is 7.14. The third-order valence-corrected chi connectivity index (χ3v) is 5.27. The first kappa shape index (κ1) is 17.5. The molecule has 134 valence electrons. The van der Waals surface area contributed by atoms with E-state index in [2.05, 4.69) is 5.32 Å². The summed E-state index contributed by atoms with van der Waals surface area (Å²) in [5.74, 6) is -0.978. The fraction of sp³-hybridized carbons (Fsp3) is 0.526. The fourth-order valence-corrected chi connectivity index (χ4v) is 3.58. The van der Waals surface area contributed by atoms with Gasteiger partial charge in [-0.25, -0.2) is 0 Å². The van der Waals surface area contributed by atoms with Crippen molar-refractivity contribution in [1.82, 2.24) is 4.90 Å². The fourth-order valence-electron chi connectivity index (χ4n) is 3.58. The number of hydrogen-bond donors (Lipinski definition) is 2. The standard InChI is InChI=1S/C19H24N2O4/c22-16(12-19(18(24)25)8-4-9-19)20-15-6-3-5-14(11-15)13-21-10-2-1-7-17(21)23/h3,5-6,11H,1-2,4,7-10,12-13H2,(H,20,22)(H,24,25). The van der Waals surface area contributed by atoms with Crippen LogP contribution in [0.4, 0.5) is 5.69 Å². The van der Waals surface area contributed by atoms with Gasteiger partial charge in [-0.15, -0.1) is 0 Å². The Bertz CT molecular complexity index is 682. The minimum atomic E-state index is -0.887. The average molecular weight is 344 g/mol. The van der Waals surface area contributed by atoms with Gasteiger partial charge in [0, 0.05) is 31.6 Å². The molecule has 1 aromatic carbocycles. The molecule has 0 spiro atoms. The molecule has 6 nitrogen and oxygen atoms in total. The lowest BCUT2D eigenvalue weighted by molar-refractivity contribution is -0.157. The number of carbonyl (C=O) groups excluding carboxylic acids is 2. The van der Waals surface area contributed by atoms with Crippen LogP contribution in [0, 0.1) is 5.41 Å². The zero-order valence-electron chi connectivity index (χ0n) is 14.3. The van der Waals surface area contributed by atoms with Gasteiger partial charge in [-0.05, 0) is 43.4 Å². The van der Waals surface area contributed by atoms with Crippen molar-refractivity contribution in [2.24, 2.45) is 5.41 Å². The Hall–Kier alpha value is -2.37. The van der Waals surface area contributed by atoms with Crippen molar-refractivity contribution in [3.05, 3.63) is 29.8 Å². The first-order valence-corrected chi connectivity index (χ1v) is 8.88. The van der Waals surface area contributed by atoms with Crippen molar-refractivity contribution in [2.75, 3.05) is 11.9 Å². The number of rotatable bonds is 6. The van der Waals surface area contributed by atoms with Gasteiger partial charge in [0.25, 0.3) is 0 Å². The molecule has 0 aromatic heterocycles. The van der Waals surface area contributed by atoms with E-state index < -0.39 is 11.4 Å². The first-order chi connectivity index (χ1) is 12.0. The van der Waals surface area contributed by atoms with Gasteiger partial charge in [-0.3, -0.25) is 14.4 Å². The molecule has 3 rings (SSSR count). The number of hydrogen-bond acceptors (Lipinski definition) is 3. The maximum atomic E-state index is 12.2. The van der Waals surface area contributed by atoms with Crippen LogP contribution in [0.15, 0.2) is 24.3 Å². The third-order valence-electron chi connectivity index (χ3n) is 5.27. The number of amides is 2. The largest absolute Gasteiger partial charge is 0.481 e. The highest BCUT2D eigenvalue weighted by molar-refractivity contribution is 5.94. The van der Waals surface area contributed by atoms with Gasteiger partial charge >= 0.3 is 5.97 Å². The molecule has 1 saturated carbocycles. The lowest BCUT2D eigenvalue weighted by Crippen LogP contribution is -2.41. The number of aliphatic carboxylic acids is 1. The molecule has 0 bridgehead atoms. The molecule has 1 aliphatic heterocycles. The topological polar surface area (TPSA) is 86.7 Å². The van der Waals surface area contributed by atoms with Crippen LogP contribution in [-0.4, -0.2) is 34.3 Å². The van der Waals surface area contributed by atoms with Crippen molar-refractivity contribution >= 4 is 23.5 Å². The Morgan fingerprint density at radius 1 is 1.20 bits per heavy atom. The SMILES string of the molecule is O=C(CC1(C(=O)O)CCC1)Nc1cccc(CN2CCCCC2=O)c1. The van der Waals surface area contributed by atoms with Gasteiger partial charge < -0.3 is 15.3 Å². The van der Waals surface area contributed by atoms with Gasteiger partial charge in [0.1, 0.15) is 0 Å². The summed E-state index contributed by atoms with van der Waals surface area (Å²) in [6, 6.07) is 7.42. The van der Waals surface area contributed by atoms with Gasteiger partial charge in [-0.2, -0.15) is 0 Å². The van der Waals surface area contributed by atoms with E-state index in [0.717, 1.165) is 31.4 Å². The van der Waals surface area contributed by atoms with Crippen molar-refractivity contribution in [2.45, 2.75) is 51.5 Å². The molecule has 1 heterocycles. The molecule has 1 saturated heterocycles. The van der Waals surface area contributed by atoms with Crippen molar-refractivity contribution in [3.8, 4) is 0 Å². The Morgan fingerprint density at radius 2 is 2.00 bits per heavy atom. The quantitative estimate of drug-likeness (QED) is 0.831. The monoisotopic (exact) mass is 344 g/mol. The Kier molecular flexibility index (Phi) is 5.06. The van der Waals surface area contributed by atoms with Crippen LogP contribution in [0.25, 0.3) is 0 Å². The molecule has 2 aliphatic rings. The lowest BCUT2D eigenvalue weighted by Gasteiger charge is -2.36. The van der Waals surface area contributed by atoms with Gasteiger partial charge in [0.15, 0.2) is 0 Å². The summed E-state index contributed by atoms with van der Waals surface area (Å²) in [7, 11) is 0. The smallest absolute Gasteiger partial charge is 0.310 e. The van der Waals surface area contributed by atoms with Crippen LogP contribution >= 0.6 is 0 Å². The summed E-state index contributed by atoms with van der Waals surface area (Å²) in [5, 5.41) is 12.1. The molecule has 2 fully saturated rings. The summed E-state index contributed by atoms with van der Waals surface area (Å²) in [6.07, 6.45) is 4.58. The summed E-state index contributed by atoms with van der Waals surface area (Å²) >= 11 is 0. The molecule has 0 unspecified atom stereocenters. The highest BCUT2D eigenvalue weighted by Crippen LogP contribution is 2.44. The minimum Gasteiger partial charge on any atom is -0.481 e.